The number of nitrogens with one attached hydrogen (secondary N) is 1. The second kappa shape index (κ2) is 11.1. The number of benzene rings is 1. The molecule has 1 saturated heterocycles. The molecule has 140 valence electrons. The molecular formula is C21H34N2O2. The zero-order valence-corrected chi connectivity index (χ0v) is 15.9. The summed E-state index contributed by atoms with van der Waals surface area (Å²) in [5, 5.41) is 2.86. The van der Waals surface area contributed by atoms with Crippen LogP contribution in [0.5, 0.6) is 5.75 Å². The van der Waals surface area contributed by atoms with Crippen molar-refractivity contribution < 1.29 is 9.53 Å². The van der Waals surface area contributed by atoms with E-state index in [-0.39, 0.29) is 6.09 Å². The van der Waals surface area contributed by atoms with E-state index in [9.17, 15) is 4.79 Å². The SMILES string of the molecule is CCCCCCNC(=O)Oc1ccccc1CCC1CCCCN1C. The van der Waals surface area contributed by atoms with E-state index in [1.165, 1.54) is 38.6 Å². The monoisotopic (exact) mass is 346 g/mol. The maximum Gasteiger partial charge on any atom is 0.412 e. The Morgan fingerprint density at radius 3 is 2.88 bits per heavy atom. The number of carbonyl (C=O) groups excluding carboxylic acids is 1. The summed E-state index contributed by atoms with van der Waals surface area (Å²) in [5.74, 6) is 0.701. The lowest BCUT2D eigenvalue weighted by Gasteiger charge is -2.32. The van der Waals surface area contributed by atoms with E-state index in [0.717, 1.165) is 31.2 Å². The molecule has 1 N–H and O–H groups in total. The fraction of sp³-hybridized carbons (Fsp3) is 0.667. The lowest BCUT2D eigenvalue weighted by molar-refractivity contribution is 0.176. The molecule has 1 heterocycles. The summed E-state index contributed by atoms with van der Waals surface area (Å²) in [5.41, 5.74) is 1.13. The summed E-state index contributed by atoms with van der Waals surface area (Å²) in [4.78, 5) is 14.5. The van der Waals surface area contributed by atoms with Crippen LogP contribution in [0.1, 0.15) is 63.9 Å². The Morgan fingerprint density at radius 1 is 1.24 bits per heavy atom. The van der Waals surface area contributed by atoms with Gasteiger partial charge in [-0.2, -0.15) is 0 Å². The van der Waals surface area contributed by atoms with Gasteiger partial charge in [0.05, 0.1) is 0 Å². The summed E-state index contributed by atoms with van der Waals surface area (Å²) in [6, 6.07) is 8.58. The first-order valence-corrected chi connectivity index (χ1v) is 9.94. The first-order chi connectivity index (χ1) is 12.2. The van der Waals surface area contributed by atoms with Gasteiger partial charge in [0.25, 0.3) is 0 Å². The van der Waals surface area contributed by atoms with E-state index < -0.39 is 0 Å². The fourth-order valence-electron chi connectivity index (χ4n) is 3.52. The molecule has 0 aromatic heterocycles. The highest BCUT2D eigenvalue weighted by Crippen LogP contribution is 2.24. The molecule has 0 bridgehead atoms. The highest BCUT2D eigenvalue weighted by molar-refractivity contribution is 5.70. The Labute approximate surface area is 152 Å². The summed E-state index contributed by atoms with van der Waals surface area (Å²) >= 11 is 0. The summed E-state index contributed by atoms with van der Waals surface area (Å²) in [6.45, 7) is 4.07. The van der Waals surface area contributed by atoms with Gasteiger partial charge in [-0.25, -0.2) is 4.79 Å². The lowest BCUT2D eigenvalue weighted by atomic mass is 9.96. The van der Waals surface area contributed by atoms with Crippen molar-refractivity contribution in [3.63, 3.8) is 0 Å². The van der Waals surface area contributed by atoms with Gasteiger partial charge in [0.1, 0.15) is 5.75 Å². The Kier molecular flexibility index (Phi) is 8.81. The molecule has 4 nitrogen and oxygen atoms in total. The van der Waals surface area contributed by atoms with Gasteiger partial charge in [0, 0.05) is 12.6 Å². The number of nitrogens with zero attached hydrogens (tertiary/aromatic N) is 1. The molecule has 1 unspecified atom stereocenters. The third kappa shape index (κ3) is 7.07. The standard InChI is InChI=1S/C21H34N2O2/c1-3-4-5-9-16-22-21(24)25-20-13-7-6-11-18(20)14-15-19-12-8-10-17-23(19)2/h6-7,11,13,19H,3-5,8-10,12,14-17H2,1-2H3,(H,22,24). The number of para-hydroxylation sites is 1. The van der Waals surface area contributed by atoms with Gasteiger partial charge in [-0.15, -0.1) is 0 Å². The molecule has 1 aromatic rings. The van der Waals surface area contributed by atoms with Gasteiger partial charge in [-0.3, -0.25) is 0 Å². The Morgan fingerprint density at radius 2 is 2.08 bits per heavy atom. The maximum atomic E-state index is 12.0. The average molecular weight is 347 g/mol. The number of carbonyl (C=O) groups is 1. The molecule has 0 aliphatic carbocycles. The van der Waals surface area contributed by atoms with E-state index in [0.29, 0.717) is 18.3 Å². The van der Waals surface area contributed by atoms with Crippen molar-refractivity contribution in [1.29, 1.82) is 0 Å². The average Bonchev–Trinajstić information content (AvgIpc) is 2.62. The molecule has 1 aliphatic rings. The van der Waals surface area contributed by atoms with Crippen LogP contribution in [0.25, 0.3) is 0 Å². The van der Waals surface area contributed by atoms with Crippen molar-refractivity contribution in [3.05, 3.63) is 29.8 Å². The van der Waals surface area contributed by atoms with Gasteiger partial charge >= 0.3 is 6.09 Å². The third-order valence-corrected chi connectivity index (χ3v) is 5.14. The quantitative estimate of drug-likeness (QED) is 0.655. The molecule has 0 spiro atoms. The summed E-state index contributed by atoms with van der Waals surface area (Å²) < 4.78 is 5.56. The molecule has 0 saturated carbocycles. The van der Waals surface area contributed by atoms with Crippen molar-refractivity contribution in [2.24, 2.45) is 0 Å². The van der Waals surface area contributed by atoms with Crippen molar-refractivity contribution in [2.45, 2.75) is 70.8 Å². The van der Waals surface area contributed by atoms with Crippen molar-refractivity contribution in [1.82, 2.24) is 10.2 Å². The first kappa shape index (κ1) is 19.8. The molecule has 1 amide bonds. The number of aryl methyl sites for hydroxylation is 1. The Bertz CT molecular complexity index is 518. The van der Waals surface area contributed by atoms with Crippen molar-refractivity contribution in [3.8, 4) is 5.75 Å². The zero-order chi connectivity index (χ0) is 17.9. The molecule has 0 radical (unpaired) electrons. The van der Waals surface area contributed by atoms with Crippen LogP contribution in [0.15, 0.2) is 24.3 Å². The van der Waals surface area contributed by atoms with Gasteiger partial charge in [0.2, 0.25) is 0 Å². The highest BCUT2D eigenvalue weighted by Gasteiger charge is 2.19. The molecular weight excluding hydrogens is 312 g/mol. The minimum Gasteiger partial charge on any atom is -0.410 e. The van der Waals surface area contributed by atoms with E-state index in [2.05, 4.69) is 30.3 Å². The number of likely N-dealkylation sites (tertiary alicyclic amines) is 1. The molecule has 25 heavy (non-hydrogen) atoms. The van der Waals surface area contributed by atoms with E-state index >= 15 is 0 Å². The van der Waals surface area contributed by atoms with Crippen LogP contribution in [-0.4, -0.2) is 37.2 Å². The van der Waals surface area contributed by atoms with Crippen LogP contribution in [-0.2, 0) is 6.42 Å². The Balaban J connectivity index is 1.79. The fourth-order valence-corrected chi connectivity index (χ4v) is 3.52. The second-order valence-electron chi connectivity index (χ2n) is 7.15. The van der Waals surface area contributed by atoms with Crippen LogP contribution in [0, 0.1) is 0 Å². The number of hydrogen-bond donors (Lipinski definition) is 1. The van der Waals surface area contributed by atoms with Crippen LogP contribution in [0.4, 0.5) is 4.79 Å². The minimum absolute atomic E-state index is 0.335. The Hall–Kier alpha value is -1.55. The molecule has 1 fully saturated rings. The smallest absolute Gasteiger partial charge is 0.410 e. The lowest BCUT2D eigenvalue weighted by Crippen LogP contribution is -2.36. The van der Waals surface area contributed by atoms with Crippen molar-refractivity contribution in [2.75, 3.05) is 20.1 Å². The number of amides is 1. The molecule has 1 atom stereocenters. The normalized spacial score (nSPS) is 18.1. The molecule has 4 heteroatoms. The largest absolute Gasteiger partial charge is 0.412 e. The van der Waals surface area contributed by atoms with Crippen LogP contribution < -0.4 is 10.1 Å². The number of piperidine rings is 1. The number of hydrogen-bond acceptors (Lipinski definition) is 3. The number of ether oxygens (including phenoxy) is 1. The summed E-state index contributed by atoms with van der Waals surface area (Å²) in [6.07, 6.45) is 10.2. The van der Waals surface area contributed by atoms with E-state index in [4.69, 9.17) is 4.74 Å². The zero-order valence-electron chi connectivity index (χ0n) is 15.9. The molecule has 1 aliphatic heterocycles. The van der Waals surface area contributed by atoms with Crippen molar-refractivity contribution >= 4 is 6.09 Å². The number of rotatable bonds is 9. The van der Waals surface area contributed by atoms with Crippen LogP contribution in [0.2, 0.25) is 0 Å². The van der Waals surface area contributed by atoms with Gasteiger partial charge < -0.3 is 15.0 Å². The van der Waals surface area contributed by atoms with Gasteiger partial charge in [-0.1, -0.05) is 50.8 Å². The van der Waals surface area contributed by atoms with Gasteiger partial charge in [0.15, 0.2) is 0 Å². The van der Waals surface area contributed by atoms with Crippen LogP contribution in [0.3, 0.4) is 0 Å². The first-order valence-electron chi connectivity index (χ1n) is 9.94. The molecule has 1 aromatic carbocycles. The summed E-state index contributed by atoms with van der Waals surface area (Å²) in [7, 11) is 2.22. The predicted molar refractivity (Wildman–Crippen MR) is 103 cm³/mol. The van der Waals surface area contributed by atoms with E-state index in [1.807, 2.05) is 18.2 Å². The minimum atomic E-state index is -0.335. The van der Waals surface area contributed by atoms with Gasteiger partial charge in [-0.05, 0) is 57.3 Å². The second-order valence-corrected chi connectivity index (χ2v) is 7.15. The molecule has 2 rings (SSSR count). The number of unbranched alkanes of at least 4 members (excludes halogenated alkanes) is 3. The third-order valence-electron chi connectivity index (χ3n) is 5.14. The topological polar surface area (TPSA) is 41.6 Å². The van der Waals surface area contributed by atoms with Crippen LogP contribution >= 0.6 is 0 Å². The van der Waals surface area contributed by atoms with E-state index in [1.54, 1.807) is 0 Å². The predicted octanol–water partition coefficient (Wildman–Crippen LogP) is 4.77. The highest BCUT2D eigenvalue weighted by atomic mass is 16.6. The maximum absolute atomic E-state index is 12.0.